The van der Waals surface area contributed by atoms with Gasteiger partial charge in [0.1, 0.15) is 0 Å². The molecule has 2 N–H and O–H groups in total. The van der Waals surface area contributed by atoms with Gasteiger partial charge in [-0.15, -0.1) is 0 Å². The van der Waals surface area contributed by atoms with Crippen LogP contribution < -0.4 is 10.6 Å². The smallest absolute Gasteiger partial charge is 0.320 e. The number of aryl methyl sites for hydroxylation is 1. The second-order valence-corrected chi connectivity index (χ2v) is 4.06. The summed E-state index contributed by atoms with van der Waals surface area (Å²) < 4.78 is 0. The Balaban J connectivity index is 1.65. The van der Waals surface area contributed by atoms with Crippen LogP contribution in [0.1, 0.15) is 12.0 Å². The molecule has 1 aromatic heterocycles. The van der Waals surface area contributed by atoms with Gasteiger partial charge < -0.3 is 5.32 Å². The van der Waals surface area contributed by atoms with Crippen LogP contribution in [0.3, 0.4) is 0 Å². The van der Waals surface area contributed by atoms with Crippen molar-refractivity contribution in [2.45, 2.75) is 12.8 Å². The van der Waals surface area contributed by atoms with Crippen molar-refractivity contribution in [3.63, 3.8) is 0 Å². The Bertz CT molecular complexity index is 501. The minimum Gasteiger partial charge on any atom is -0.338 e. The van der Waals surface area contributed by atoms with Crippen LogP contribution in [0.2, 0.25) is 0 Å². The summed E-state index contributed by atoms with van der Waals surface area (Å²) in [6.07, 6.45) is 6.45. The van der Waals surface area contributed by atoms with Gasteiger partial charge in [0.15, 0.2) is 5.82 Å². The van der Waals surface area contributed by atoms with E-state index in [1.54, 1.807) is 6.20 Å². The second kappa shape index (κ2) is 7.10. The first-order chi connectivity index (χ1) is 9.34. The summed E-state index contributed by atoms with van der Waals surface area (Å²) in [5.41, 5.74) is 1.28. The summed E-state index contributed by atoms with van der Waals surface area (Å²) in [4.78, 5) is 19.4. The molecule has 1 aromatic carbocycles. The van der Waals surface area contributed by atoms with E-state index >= 15 is 0 Å². The zero-order valence-electron chi connectivity index (χ0n) is 10.5. The van der Waals surface area contributed by atoms with Crippen molar-refractivity contribution < 1.29 is 4.79 Å². The summed E-state index contributed by atoms with van der Waals surface area (Å²) >= 11 is 0. The van der Waals surface area contributed by atoms with Crippen molar-refractivity contribution in [2.24, 2.45) is 0 Å². The van der Waals surface area contributed by atoms with Crippen molar-refractivity contribution in [2.75, 3.05) is 11.9 Å². The molecule has 0 fully saturated rings. The Labute approximate surface area is 112 Å². The highest BCUT2D eigenvalue weighted by molar-refractivity contribution is 5.87. The lowest BCUT2D eigenvalue weighted by Crippen LogP contribution is -2.30. The van der Waals surface area contributed by atoms with E-state index in [0.29, 0.717) is 12.4 Å². The van der Waals surface area contributed by atoms with Crippen molar-refractivity contribution in [1.82, 2.24) is 15.3 Å². The average Bonchev–Trinajstić information content (AvgIpc) is 2.46. The molecule has 1 heterocycles. The number of benzene rings is 1. The highest BCUT2D eigenvalue weighted by Gasteiger charge is 2.01. The molecule has 2 aromatic rings. The molecule has 98 valence electrons. The van der Waals surface area contributed by atoms with E-state index in [0.717, 1.165) is 12.8 Å². The van der Waals surface area contributed by atoms with Gasteiger partial charge in [-0.05, 0) is 18.4 Å². The lowest BCUT2D eigenvalue weighted by molar-refractivity contribution is 0.252. The number of nitrogens with zero attached hydrogens (tertiary/aromatic N) is 2. The van der Waals surface area contributed by atoms with Crippen LogP contribution in [0, 0.1) is 0 Å². The van der Waals surface area contributed by atoms with Gasteiger partial charge in [-0.1, -0.05) is 30.3 Å². The normalized spacial score (nSPS) is 9.89. The number of carbonyl (C=O) groups is 1. The van der Waals surface area contributed by atoms with E-state index in [4.69, 9.17) is 0 Å². The number of rotatable bonds is 5. The molecule has 0 saturated carbocycles. The molecule has 5 nitrogen and oxygen atoms in total. The summed E-state index contributed by atoms with van der Waals surface area (Å²) in [6, 6.07) is 9.94. The minimum atomic E-state index is -0.256. The van der Waals surface area contributed by atoms with Gasteiger partial charge in [-0.3, -0.25) is 10.3 Å². The molecule has 0 atom stereocenters. The summed E-state index contributed by atoms with van der Waals surface area (Å²) in [6.45, 7) is 0.626. The molecule has 19 heavy (non-hydrogen) atoms. The molecule has 0 saturated heterocycles. The lowest BCUT2D eigenvalue weighted by Gasteiger charge is -2.06. The number of anilines is 1. The second-order valence-electron chi connectivity index (χ2n) is 4.06. The Kier molecular flexibility index (Phi) is 4.87. The SMILES string of the molecule is O=C(NCCCc1ccccc1)Nc1cnccn1. The van der Waals surface area contributed by atoms with Crippen molar-refractivity contribution in [3.8, 4) is 0 Å². The van der Waals surface area contributed by atoms with Crippen LogP contribution in [0.15, 0.2) is 48.9 Å². The number of hydrogen-bond donors (Lipinski definition) is 2. The Morgan fingerprint density at radius 2 is 2.00 bits per heavy atom. The molecule has 0 unspecified atom stereocenters. The van der Waals surface area contributed by atoms with Gasteiger partial charge in [0.05, 0.1) is 6.20 Å². The lowest BCUT2D eigenvalue weighted by atomic mass is 10.1. The molecule has 0 aliphatic heterocycles. The van der Waals surface area contributed by atoms with Gasteiger partial charge in [0.2, 0.25) is 0 Å². The number of carbonyl (C=O) groups excluding carboxylic acids is 1. The first kappa shape index (κ1) is 13.0. The first-order valence-corrected chi connectivity index (χ1v) is 6.19. The Morgan fingerprint density at radius 3 is 2.74 bits per heavy atom. The fourth-order valence-electron chi connectivity index (χ4n) is 1.66. The third kappa shape index (κ3) is 4.75. The summed E-state index contributed by atoms with van der Waals surface area (Å²) in [7, 11) is 0. The largest absolute Gasteiger partial charge is 0.338 e. The average molecular weight is 256 g/mol. The maximum Gasteiger partial charge on any atom is 0.320 e. The highest BCUT2D eigenvalue weighted by Crippen LogP contribution is 2.01. The fraction of sp³-hybridized carbons (Fsp3) is 0.214. The summed E-state index contributed by atoms with van der Waals surface area (Å²) in [5.74, 6) is 0.447. The van der Waals surface area contributed by atoms with Gasteiger partial charge >= 0.3 is 6.03 Å². The maximum atomic E-state index is 11.5. The van der Waals surface area contributed by atoms with Crippen LogP contribution in [-0.2, 0) is 6.42 Å². The molecule has 0 aliphatic rings. The van der Waals surface area contributed by atoms with Gasteiger partial charge in [0.25, 0.3) is 0 Å². The molecule has 2 amide bonds. The van der Waals surface area contributed by atoms with E-state index in [-0.39, 0.29) is 6.03 Å². The predicted octanol–water partition coefficient (Wildman–Crippen LogP) is 2.23. The van der Waals surface area contributed by atoms with Crippen LogP contribution in [0.4, 0.5) is 10.6 Å². The zero-order chi connectivity index (χ0) is 13.3. The van der Waals surface area contributed by atoms with Gasteiger partial charge in [-0.2, -0.15) is 0 Å². The molecule has 0 spiro atoms. The van der Waals surface area contributed by atoms with E-state index in [2.05, 4.69) is 32.7 Å². The topological polar surface area (TPSA) is 66.9 Å². The first-order valence-electron chi connectivity index (χ1n) is 6.19. The van der Waals surface area contributed by atoms with E-state index in [9.17, 15) is 4.79 Å². The van der Waals surface area contributed by atoms with Crippen LogP contribution in [-0.4, -0.2) is 22.5 Å². The summed E-state index contributed by atoms with van der Waals surface area (Å²) in [5, 5.41) is 5.40. The molecule has 0 aliphatic carbocycles. The van der Waals surface area contributed by atoms with Crippen molar-refractivity contribution >= 4 is 11.8 Å². The number of aromatic nitrogens is 2. The highest BCUT2D eigenvalue weighted by atomic mass is 16.2. The van der Waals surface area contributed by atoms with Crippen molar-refractivity contribution in [3.05, 3.63) is 54.5 Å². The third-order valence-corrected chi connectivity index (χ3v) is 2.58. The number of amides is 2. The van der Waals surface area contributed by atoms with E-state index in [1.165, 1.54) is 18.0 Å². The van der Waals surface area contributed by atoms with Crippen molar-refractivity contribution in [1.29, 1.82) is 0 Å². The van der Waals surface area contributed by atoms with E-state index < -0.39 is 0 Å². The fourth-order valence-corrected chi connectivity index (χ4v) is 1.66. The molecule has 5 heteroatoms. The third-order valence-electron chi connectivity index (χ3n) is 2.58. The molecular weight excluding hydrogens is 240 g/mol. The molecule has 0 radical (unpaired) electrons. The number of hydrogen-bond acceptors (Lipinski definition) is 3. The standard InChI is InChI=1S/C14H16N4O/c19-14(18-13-11-15-9-10-16-13)17-8-4-7-12-5-2-1-3-6-12/h1-3,5-6,9-11H,4,7-8H2,(H2,16,17,18,19). The van der Waals surface area contributed by atoms with E-state index in [1.807, 2.05) is 18.2 Å². The quantitative estimate of drug-likeness (QED) is 0.806. The van der Waals surface area contributed by atoms with Crippen LogP contribution in [0.5, 0.6) is 0 Å². The Morgan fingerprint density at radius 1 is 1.16 bits per heavy atom. The number of nitrogens with one attached hydrogen (secondary N) is 2. The van der Waals surface area contributed by atoms with Crippen LogP contribution in [0.25, 0.3) is 0 Å². The zero-order valence-corrected chi connectivity index (χ0v) is 10.5. The minimum absolute atomic E-state index is 0.256. The maximum absolute atomic E-state index is 11.5. The monoisotopic (exact) mass is 256 g/mol. The Hall–Kier alpha value is -2.43. The number of urea groups is 1. The van der Waals surface area contributed by atoms with Crippen LogP contribution >= 0.6 is 0 Å². The predicted molar refractivity (Wildman–Crippen MR) is 73.8 cm³/mol. The molecule has 2 rings (SSSR count). The molecule has 0 bridgehead atoms. The van der Waals surface area contributed by atoms with Gasteiger partial charge in [0, 0.05) is 18.9 Å². The van der Waals surface area contributed by atoms with Gasteiger partial charge in [-0.25, -0.2) is 9.78 Å². The molecular formula is C14H16N4O.